The second-order valence-electron chi connectivity index (χ2n) is 7.22. The molecule has 0 aromatic rings. The van der Waals surface area contributed by atoms with Crippen molar-refractivity contribution in [2.24, 2.45) is 0 Å². The van der Waals surface area contributed by atoms with Gasteiger partial charge in [-0.2, -0.15) is 0 Å². The molecular weight excluding hydrogens is 336 g/mol. The van der Waals surface area contributed by atoms with E-state index in [0.717, 1.165) is 0 Å². The predicted octanol–water partition coefficient (Wildman–Crippen LogP) is 6.74. The maximum atomic E-state index is 2.51. The summed E-state index contributed by atoms with van der Waals surface area (Å²) in [5.74, 6) is 0. The van der Waals surface area contributed by atoms with Crippen LogP contribution >= 0.6 is 0 Å². The van der Waals surface area contributed by atoms with Crippen LogP contribution in [0.5, 0.6) is 0 Å². The Morgan fingerprint density at radius 1 is 0.737 bits per heavy atom. The summed E-state index contributed by atoms with van der Waals surface area (Å²) < 4.78 is 1.39. The fourth-order valence-electron chi connectivity index (χ4n) is 1.82. The van der Waals surface area contributed by atoms with Gasteiger partial charge in [0.2, 0.25) is 0 Å². The third-order valence-electron chi connectivity index (χ3n) is 3.19. The number of rotatable bonds is 8. The molecule has 0 amide bonds. The molecule has 0 spiro atoms. The van der Waals surface area contributed by atoms with Gasteiger partial charge in [0.25, 0.3) is 0 Å². The van der Waals surface area contributed by atoms with E-state index < -0.39 is 18.4 Å². The molecule has 0 atom stereocenters. The van der Waals surface area contributed by atoms with Crippen LogP contribution in [0.3, 0.4) is 0 Å². The summed E-state index contributed by atoms with van der Waals surface area (Å²) in [5, 5.41) is 0. The molecule has 0 aliphatic rings. The monoisotopic (exact) mass is 371 g/mol. The second-order valence-corrected chi connectivity index (χ2v) is 23.0. The molecule has 110 valence electrons. The second kappa shape index (κ2) is 9.85. The number of hydrogen-bond acceptors (Lipinski definition) is 0. The van der Waals surface area contributed by atoms with Crippen LogP contribution in [0.15, 0.2) is 34.9 Å². The molecular formula is C18H34Sn. The van der Waals surface area contributed by atoms with Crippen LogP contribution in [0, 0.1) is 0 Å². The summed E-state index contributed by atoms with van der Waals surface area (Å²) in [6.07, 6.45) is 12.1. The van der Waals surface area contributed by atoms with E-state index in [4.69, 9.17) is 0 Å². The topological polar surface area (TPSA) is 0 Å². The molecule has 0 nitrogen and oxygen atoms in total. The molecule has 0 aromatic carbocycles. The van der Waals surface area contributed by atoms with Crippen molar-refractivity contribution in [3.8, 4) is 0 Å². The molecule has 0 saturated heterocycles. The van der Waals surface area contributed by atoms with Crippen LogP contribution in [-0.4, -0.2) is 18.4 Å². The van der Waals surface area contributed by atoms with Gasteiger partial charge in [-0.05, 0) is 0 Å². The van der Waals surface area contributed by atoms with Gasteiger partial charge >= 0.3 is 126 Å². The average molecular weight is 370 g/mol. The fourth-order valence-corrected chi connectivity index (χ4v) is 4.56. The number of allylic oxidation sites excluding steroid dienone is 6. The molecule has 0 aromatic heterocycles. The van der Waals surface area contributed by atoms with Crippen molar-refractivity contribution in [2.45, 2.75) is 72.6 Å². The van der Waals surface area contributed by atoms with Crippen molar-refractivity contribution in [1.82, 2.24) is 0 Å². The van der Waals surface area contributed by atoms with Crippen LogP contribution in [0.1, 0.15) is 53.4 Å². The van der Waals surface area contributed by atoms with E-state index in [0.29, 0.717) is 0 Å². The molecule has 0 rings (SSSR count). The van der Waals surface area contributed by atoms with Gasteiger partial charge in [0.05, 0.1) is 0 Å². The Morgan fingerprint density at radius 2 is 1.21 bits per heavy atom. The molecule has 0 fully saturated rings. The third kappa shape index (κ3) is 14.2. The minimum atomic E-state index is -1.58. The van der Waals surface area contributed by atoms with E-state index in [9.17, 15) is 0 Å². The van der Waals surface area contributed by atoms with E-state index >= 15 is 0 Å². The van der Waals surface area contributed by atoms with Gasteiger partial charge in [0, 0.05) is 0 Å². The van der Waals surface area contributed by atoms with Crippen molar-refractivity contribution in [2.75, 3.05) is 0 Å². The van der Waals surface area contributed by atoms with Gasteiger partial charge in [-0.15, -0.1) is 0 Å². The molecule has 0 heterocycles. The first-order chi connectivity index (χ1) is 8.70. The molecule has 0 unspecified atom stereocenters. The van der Waals surface area contributed by atoms with Crippen molar-refractivity contribution in [3.05, 3.63) is 34.9 Å². The first-order valence-corrected chi connectivity index (χ1v) is 18.2. The molecule has 0 saturated carbocycles. The van der Waals surface area contributed by atoms with Crippen LogP contribution in [0.25, 0.3) is 0 Å². The summed E-state index contributed by atoms with van der Waals surface area (Å²) >= 11 is -1.58. The Hall–Kier alpha value is 0.0187. The third-order valence-corrected chi connectivity index (χ3v) is 7.26. The molecule has 1 heteroatoms. The Balaban J connectivity index is 3.96. The van der Waals surface area contributed by atoms with Crippen molar-refractivity contribution in [3.63, 3.8) is 0 Å². The van der Waals surface area contributed by atoms with E-state index in [-0.39, 0.29) is 0 Å². The van der Waals surface area contributed by atoms with Gasteiger partial charge in [-0.3, -0.25) is 0 Å². The van der Waals surface area contributed by atoms with Gasteiger partial charge in [-0.1, -0.05) is 0 Å². The van der Waals surface area contributed by atoms with Gasteiger partial charge in [-0.25, -0.2) is 0 Å². The first-order valence-electron chi connectivity index (χ1n) is 7.65. The summed E-state index contributed by atoms with van der Waals surface area (Å²) in [4.78, 5) is 7.52. The number of hydrogen-bond donors (Lipinski definition) is 0. The van der Waals surface area contributed by atoms with Crippen molar-refractivity contribution >= 4 is 18.4 Å². The van der Waals surface area contributed by atoms with E-state index in [1.54, 1.807) is 11.1 Å². The van der Waals surface area contributed by atoms with E-state index in [1.807, 2.05) is 0 Å². The summed E-state index contributed by atoms with van der Waals surface area (Å²) in [7, 11) is 0. The Bertz CT molecular complexity index is 333. The van der Waals surface area contributed by atoms with Crippen LogP contribution < -0.4 is 0 Å². The zero-order chi connectivity index (χ0) is 14.9. The predicted molar refractivity (Wildman–Crippen MR) is 93.6 cm³/mol. The van der Waals surface area contributed by atoms with E-state index in [2.05, 4.69) is 60.7 Å². The summed E-state index contributed by atoms with van der Waals surface area (Å²) in [6.45, 7) is 8.91. The quantitative estimate of drug-likeness (QED) is 0.252. The summed E-state index contributed by atoms with van der Waals surface area (Å²) in [6, 6.07) is 0. The van der Waals surface area contributed by atoms with Gasteiger partial charge < -0.3 is 0 Å². The molecule has 0 N–H and O–H groups in total. The Morgan fingerprint density at radius 3 is 1.68 bits per heavy atom. The Kier molecular flexibility index (Phi) is 9.86. The SMILES string of the molecule is CC(C)=CCC/C(C)=C/CC/C(C)=C/[13CH2][Sn]([CH3])([CH3])[CH3]. The standard InChI is InChI=1S/C15H25.3CH3.Sn/c1-6-14(4)10-8-12-15(5)11-7-9-13(2)3;;;;/h6,9,12H,1,7-8,10-11H2,2-5H3;3*1H3;/b14-6+,15-12+;;;;/i1+1;;;;. The van der Waals surface area contributed by atoms with Gasteiger partial charge in [0.1, 0.15) is 0 Å². The summed E-state index contributed by atoms with van der Waals surface area (Å²) in [5.41, 5.74) is 4.56. The minimum absolute atomic E-state index is 1.19. The normalized spacial score (nSPS) is 13.6. The molecule has 0 aliphatic carbocycles. The van der Waals surface area contributed by atoms with Crippen molar-refractivity contribution in [1.29, 1.82) is 0 Å². The first kappa shape index (κ1) is 19.0. The van der Waals surface area contributed by atoms with Crippen LogP contribution in [0.2, 0.25) is 19.3 Å². The zero-order valence-corrected chi connectivity index (χ0v) is 17.1. The van der Waals surface area contributed by atoms with Crippen molar-refractivity contribution < 1.29 is 0 Å². The molecule has 0 radical (unpaired) electrons. The van der Waals surface area contributed by atoms with Crippen LogP contribution in [-0.2, 0) is 0 Å². The van der Waals surface area contributed by atoms with E-state index in [1.165, 1.54) is 35.7 Å². The molecule has 0 aliphatic heterocycles. The maximum absolute atomic E-state index is 2.51. The Labute approximate surface area is 125 Å². The van der Waals surface area contributed by atoms with Gasteiger partial charge in [0.15, 0.2) is 0 Å². The fraction of sp³-hybridized carbons (Fsp3) is 0.667. The zero-order valence-electron chi connectivity index (χ0n) is 14.3. The average Bonchev–Trinajstić information content (AvgIpc) is 2.25. The molecule has 0 bridgehead atoms. The molecule has 19 heavy (non-hydrogen) atoms. The van der Waals surface area contributed by atoms with Crippen LogP contribution in [0.4, 0.5) is 0 Å².